The molecule has 0 spiro atoms. The van der Waals surface area contributed by atoms with Crippen LogP contribution in [0.5, 0.6) is 0 Å². The SMILES string of the molecule is CCNCC1CCC1N1CCCSCC1. The van der Waals surface area contributed by atoms with Gasteiger partial charge in [0.1, 0.15) is 0 Å². The molecule has 2 aliphatic rings. The van der Waals surface area contributed by atoms with E-state index in [4.69, 9.17) is 0 Å². The zero-order chi connectivity index (χ0) is 10.5. The highest BCUT2D eigenvalue weighted by Crippen LogP contribution is 2.32. The predicted molar refractivity (Wildman–Crippen MR) is 68.6 cm³/mol. The smallest absolute Gasteiger partial charge is 0.0136 e. The fourth-order valence-corrected chi connectivity index (χ4v) is 3.60. The van der Waals surface area contributed by atoms with Crippen LogP contribution in [0.1, 0.15) is 26.2 Å². The van der Waals surface area contributed by atoms with Crippen LogP contribution in [-0.2, 0) is 0 Å². The van der Waals surface area contributed by atoms with Crippen molar-refractivity contribution in [2.24, 2.45) is 5.92 Å². The molecule has 1 aliphatic heterocycles. The molecule has 1 aliphatic carbocycles. The first-order chi connectivity index (χ1) is 7.42. The lowest BCUT2D eigenvalue weighted by Crippen LogP contribution is -2.51. The monoisotopic (exact) mass is 228 g/mol. The molecule has 0 bridgehead atoms. The summed E-state index contributed by atoms with van der Waals surface area (Å²) in [6.07, 6.45) is 4.29. The highest BCUT2D eigenvalue weighted by molar-refractivity contribution is 7.99. The minimum absolute atomic E-state index is 0.905. The number of nitrogens with zero attached hydrogens (tertiary/aromatic N) is 1. The van der Waals surface area contributed by atoms with Crippen molar-refractivity contribution in [2.75, 3.05) is 37.7 Å². The first kappa shape index (κ1) is 11.7. The Balaban J connectivity index is 1.76. The normalized spacial score (nSPS) is 33.4. The highest BCUT2D eigenvalue weighted by atomic mass is 32.2. The van der Waals surface area contributed by atoms with E-state index in [1.54, 1.807) is 0 Å². The van der Waals surface area contributed by atoms with Gasteiger partial charge in [0.15, 0.2) is 0 Å². The van der Waals surface area contributed by atoms with E-state index in [2.05, 4.69) is 28.9 Å². The summed E-state index contributed by atoms with van der Waals surface area (Å²) < 4.78 is 0. The Labute approximate surface area is 98.2 Å². The summed E-state index contributed by atoms with van der Waals surface area (Å²) in [7, 11) is 0. The molecule has 1 N–H and O–H groups in total. The van der Waals surface area contributed by atoms with Crippen LogP contribution in [0.3, 0.4) is 0 Å². The van der Waals surface area contributed by atoms with Gasteiger partial charge in [-0.1, -0.05) is 6.92 Å². The summed E-state index contributed by atoms with van der Waals surface area (Å²) in [5, 5.41) is 3.50. The molecule has 1 saturated carbocycles. The Morgan fingerprint density at radius 2 is 2.20 bits per heavy atom. The summed E-state index contributed by atoms with van der Waals surface area (Å²) in [5.41, 5.74) is 0. The second kappa shape index (κ2) is 6.12. The third-order valence-corrected chi connectivity index (χ3v) is 4.81. The zero-order valence-electron chi connectivity index (χ0n) is 9.87. The summed E-state index contributed by atoms with van der Waals surface area (Å²) in [5.74, 6) is 3.67. The van der Waals surface area contributed by atoms with Gasteiger partial charge >= 0.3 is 0 Å². The Kier molecular flexibility index (Phi) is 4.79. The molecular weight excluding hydrogens is 204 g/mol. The molecule has 0 aromatic carbocycles. The molecule has 2 rings (SSSR count). The second-order valence-corrected chi connectivity index (χ2v) is 5.94. The van der Waals surface area contributed by atoms with E-state index in [0.717, 1.165) is 18.5 Å². The lowest BCUT2D eigenvalue weighted by atomic mass is 9.78. The largest absolute Gasteiger partial charge is 0.317 e. The van der Waals surface area contributed by atoms with Gasteiger partial charge in [0, 0.05) is 18.3 Å². The molecule has 2 nitrogen and oxygen atoms in total. The van der Waals surface area contributed by atoms with Crippen LogP contribution < -0.4 is 5.32 Å². The van der Waals surface area contributed by atoms with E-state index in [0.29, 0.717) is 0 Å². The molecule has 0 radical (unpaired) electrons. The van der Waals surface area contributed by atoms with Gasteiger partial charge in [0.2, 0.25) is 0 Å². The van der Waals surface area contributed by atoms with E-state index in [1.165, 1.54) is 50.4 Å². The molecule has 1 heterocycles. The maximum atomic E-state index is 3.50. The van der Waals surface area contributed by atoms with Gasteiger partial charge in [-0.2, -0.15) is 11.8 Å². The van der Waals surface area contributed by atoms with Crippen LogP contribution in [-0.4, -0.2) is 48.6 Å². The average Bonchev–Trinajstić information content (AvgIpc) is 2.46. The van der Waals surface area contributed by atoms with Crippen LogP contribution in [0.15, 0.2) is 0 Å². The van der Waals surface area contributed by atoms with E-state index < -0.39 is 0 Å². The molecule has 0 amide bonds. The van der Waals surface area contributed by atoms with Crippen LogP contribution in [0.25, 0.3) is 0 Å². The van der Waals surface area contributed by atoms with Gasteiger partial charge in [-0.05, 0) is 50.6 Å². The minimum atomic E-state index is 0.905. The van der Waals surface area contributed by atoms with Gasteiger partial charge in [-0.15, -0.1) is 0 Å². The molecule has 0 aromatic heterocycles. The standard InChI is InChI=1S/C12H24N2S/c1-2-13-10-11-4-5-12(11)14-6-3-8-15-9-7-14/h11-13H,2-10H2,1H3. The summed E-state index contributed by atoms with van der Waals surface area (Å²) >= 11 is 2.13. The lowest BCUT2D eigenvalue weighted by molar-refractivity contribution is 0.0686. The quantitative estimate of drug-likeness (QED) is 0.790. The van der Waals surface area contributed by atoms with E-state index in [1.807, 2.05) is 0 Å². The Hall–Kier alpha value is 0.270. The first-order valence-electron chi connectivity index (χ1n) is 6.44. The van der Waals surface area contributed by atoms with Crippen molar-refractivity contribution in [2.45, 2.75) is 32.2 Å². The minimum Gasteiger partial charge on any atom is -0.317 e. The van der Waals surface area contributed by atoms with Crippen molar-refractivity contribution in [3.8, 4) is 0 Å². The van der Waals surface area contributed by atoms with Crippen LogP contribution >= 0.6 is 11.8 Å². The van der Waals surface area contributed by atoms with Gasteiger partial charge < -0.3 is 5.32 Å². The van der Waals surface area contributed by atoms with Gasteiger partial charge in [-0.25, -0.2) is 0 Å². The van der Waals surface area contributed by atoms with Gasteiger partial charge in [-0.3, -0.25) is 4.90 Å². The third kappa shape index (κ3) is 3.11. The molecular formula is C12H24N2S. The summed E-state index contributed by atoms with van der Waals surface area (Å²) in [6.45, 7) is 7.25. The molecule has 88 valence electrons. The number of nitrogens with one attached hydrogen (secondary N) is 1. The third-order valence-electron chi connectivity index (χ3n) is 3.76. The first-order valence-corrected chi connectivity index (χ1v) is 7.59. The topological polar surface area (TPSA) is 15.3 Å². The van der Waals surface area contributed by atoms with Crippen molar-refractivity contribution < 1.29 is 0 Å². The van der Waals surface area contributed by atoms with E-state index >= 15 is 0 Å². The van der Waals surface area contributed by atoms with Crippen molar-refractivity contribution in [3.05, 3.63) is 0 Å². The van der Waals surface area contributed by atoms with Crippen molar-refractivity contribution in [1.29, 1.82) is 0 Å². The number of thioether (sulfide) groups is 1. The van der Waals surface area contributed by atoms with Crippen LogP contribution in [0.4, 0.5) is 0 Å². The van der Waals surface area contributed by atoms with E-state index in [9.17, 15) is 0 Å². The number of hydrogen-bond donors (Lipinski definition) is 1. The van der Waals surface area contributed by atoms with Crippen molar-refractivity contribution in [1.82, 2.24) is 10.2 Å². The Morgan fingerprint density at radius 1 is 1.27 bits per heavy atom. The van der Waals surface area contributed by atoms with Crippen molar-refractivity contribution in [3.63, 3.8) is 0 Å². The molecule has 2 unspecified atom stereocenters. The molecule has 2 fully saturated rings. The maximum Gasteiger partial charge on any atom is 0.0136 e. The number of hydrogen-bond acceptors (Lipinski definition) is 3. The van der Waals surface area contributed by atoms with Gasteiger partial charge in [0.25, 0.3) is 0 Å². The summed E-state index contributed by atoms with van der Waals surface area (Å²) in [6, 6.07) is 0.905. The average molecular weight is 228 g/mol. The van der Waals surface area contributed by atoms with Crippen LogP contribution in [0, 0.1) is 5.92 Å². The van der Waals surface area contributed by atoms with Crippen LogP contribution in [0.2, 0.25) is 0 Å². The molecule has 1 saturated heterocycles. The lowest BCUT2D eigenvalue weighted by Gasteiger charge is -2.44. The molecule has 3 heteroatoms. The maximum absolute atomic E-state index is 3.50. The number of rotatable bonds is 4. The van der Waals surface area contributed by atoms with E-state index in [-0.39, 0.29) is 0 Å². The Morgan fingerprint density at radius 3 is 2.93 bits per heavy atom. The highest BCUT2D eigenvalue weighted by Gasteiger charge is 2.34. The Bertz CT molecular complexity index is 178. The fraction of sp³-hybridized carbons (Fsp3) is 1.00. The zero-order valence-corrected chi connectivity index (χ0v) is 10.7. The van der Waals surface area contributed by atoms with Crippen molar-refractivity contribution >= 4 is 11.8 Å². The fourth-order valence-electron chi connectivity index (χ4n) is 2.70. The van der Waals surface area contributed by atoms with Gasteiger partial charge in [0.05, 0.1) is 0 Å². The predicted octanol–water partition coefficient (Wildman–Crippen LogP) is 1.81. The second-order valence-electron chi connectivity index (χ2n) is 4.71. The molecule has 0 aromatic rings. The molecule has 15 heavy (non-hydrogen) atoms. The molecule has 2 atom stereocenters. The summed E-state index contributed by atoms with van der Waals surface area (Å²) in [4.78, 5) is 2.76.